The van der Waals surface area contributed by atoms with Gasteiger partial charge in [0, 0.05) is 17.3 Å². The minimum Gasteiger partial charge on any atom is -0.348 e. The molecular formula is C11H19IO2. The van der Waals surface area contributed by atoms with E-state index in [9.17, 15) is 0 Å². The van der Waals surface area contributed by atoms with Crippen molar-refractivity contribution in [1.29, 1.82) is 0 Å². The highest BCUT2D eigenvalue weighted by Crippen LogP contribution is 2.48. The van der Waals surface area contributed by atoms with Crippen LogP contribution in [0.2, 0.25) is 0 Å². The summed E-state index contributed by atoms with van der Waals surface area (Å²) in [5, 5.41) is 0. The maximum Gasteiger partial charge on any atom is 0.169 e. The lowest BCUT2D eigenvalue weighted by molar-refractivity contribution is -0.199. The van der Waals surface area contributed by atoms with Crippen LogP contribution in [0.5, 0.6) is 0 Å². The summed E-state index contributed by atoms with van der Waals surface area (Å²) in [5.41, 5.74) is 0.475. The second-order valence-corrected chi connectivity index (χ2v) is 5.39. The molecule has 2 aliphatic rings. The van der Waals surface area contributed by atoms with E-state index in [1.807, 2.05) is 0 Å². The Labute approximate surface area is 99.9 Å². The first kappa shape index (κ1) is 11.1. The van der Waals surface area contributed by atoms with Crippen molar-refractivity contribution >= 4 is 22.6 Å². The molecule has 0 aromatic rings. The molecule has 1 saturated heterocycles. The zero-order valence-electron chi connectivity index (χ0n) is 8.85. The highest BCUT2D eigenvalue weighted by atomic mass is 127. The molecule has 14 heavy (non-hydrogen) atoms. The van der Waals surface area contributed by atoms with Gasteiger partial charge in [0.2, 0.25) is 0 Å². The molecule has 1 unspecified atom stereocenters. The Hall–Kier alpha value is 0.650. The van der Waals surface area contributed by atoms with Crippen LogP contribution >= 0.6 is 22.6 Å². The van der Waals surface area contributed by atoms with Crippen LogP contribution in [-0.4, -0.2) is 23.4 Å². The first-order valence-corrected chi connectivity index (χ1v) is 7.11. The van der Waals surface area contributed by atoms with E-state index in [1.54, 1.807) is 0 Å². The van der Waals surface area contributed by atoms with Crippen molar-refractivity contribution in [2.24, 2.45) is 5.41 Å². The summed E-state index contributed by atoms with van der Waals surface area (Å²) in [6.07, 6.45) is 6.08. The Bertz CT molecular complexity index is 191. The van der Waals surface area contributed by atoms with E-state index >= 15 is 0 Å². The molecule has 2 fully saturated rings. The Balaban J connectivity index is 2.09. The van der Waals surface area contributed by atoms with Gasteiger partial charge in [-0.1, -0.05) is 29.5 Å². The first-order valence-electron chi connectivity index (χ1n) is 5.58. The van der Waals surface area contributed by atoms with Crippen LogP contribution in [0.25, 0.3) is 0 Å². The Morgan fingerprint density at radius 2 is 1.93 bits per heavy atom. The molecular weight excluding hydrogens is 291 g/mol. The summed E-state index contributed by atoms with van der Waals surface area (Å²) in [4.78, 5) is 0. The third-order valence-electron chi connectivity index (χ3n) is 3.76. The van der Waals surface area contributed by atoms with Crippen molar-refractivity contribution in [2.75, 3.05) is 17.6 Å². The molecule has 0 radical (unpaired) electrons. The van der Waals surface area contributed by atoms with Crippen LogP contribution in [0.15, 0.2) is 0 Å². The molecule has 1 saturated carbocycles. The third-order valence-corrected chi connectivity index (χ3v) is 5.37. The summed E-state index contributed by atoms with van der Waals surface area (Å²) in [6, 6.07) is 0. The topological polar surface area (TPSA) is 18.5 Å². The summed E-state index contributed by atoms with van der Waals surface area (Å²) in [6.45, 7) is 3.88. The number of alkyl halides is 1. The quantitative estimate of drug-likeness (QED) is 0.576. The highest BCUT2D eigenvalue weighted by Gasteiger charge is 2.47. The molecule has 2 rings (SSSR count). The molecule has 1 aliphatic heterocycles. The van der Waals surface area contributed by atoms with Crippen molar-refractivity contribution in [3.05, 3.63) is 0 Å². The van der Waals surface area contributed by atoms with E-state index in [1.165, 1.54) is 23.7 Å². The maximum absolute atomic E-state index is 5.81. The predicted octanol–water partition coefficient (Wildman–Crippen LogP) is 3.13. The second kappa shape index (κ2) is 4.26. The monoisotopic (exact) mass is 310 g/mol. The Morgan fingerprint density at radius 1 is 1.21 bits per heavy atom. The van der Waals surface area contributed by atoms with Crippen LogP contribution in [0.1, 0.15) is 39.0 Å². The van der Waals surface area contributed by atoms with Gasteiger partial charge in [-0.25, -0.2) is 0 Å². The van der Waals surface area contributed by atoms with Crippen molar-refractivity contribution in [3.63, 3.8) is 0 Å². The summed E-state index contributed by atoms with van der Waals surface area (Å²) >= 11 is 2.52. The van der Waals surface area contributed by atoms with Gasteiger partial charge in [0.1, 0.15) is 0 Å². The number of hydrogen-bond acceptors (Lipinski definition) is 2. The zero-order chi connectivity index (χ0) is 10.1. The number of rotatable bonds is 2. The Morgan fingerprint density at radius 3 is 2.50 bits per heavy atom. The van der Waals surface area contributed by atoms with Gasteiger partial charge in [-0.05, 0) is 24.7 Å². The van der Waals surface area contributed by atoms with Gasteiger partial charge >= 0.3 is 0 Å². The smallest absolute Gasteiger partial charge is 0.169 e. The molecule has 0 bridgehead atoms. The molecule has 3 heteroatoms. The lowest BCUT2D eigenvalue weighted by atomic mass is 9.71. The van der Waals surface area contributed by atoms with Gasteiger partial charge in [0.05, 0.1) is 13.2 Å². The molecule has 1 aliphatic carbocycles. The van der Waals surface area contributed by atoms with E-state index in [4.69, 9.17) is 9.47 Å². The SMILES string of the molecule is CCC1(CI)CCCC2(C1)OCCO2. The fourth-order valence-electron chi connectivity index (χ4n) is 2.73. The van der Waals surface area contributed by atoms with E-state index in [-0.39, 0.29) is 5.79 Å². The van der Waals surface area contributed by atoms with Gasteiger partial charge in [0.25, 0.3) is 0 Å². The molecule has 0 aromatic heterocycles. The lowest BCUT2D eigenvalue weighted by Gasteiger charge is -2.43. The molecule has 1 spiro atoms. The number of ether oxygens (including phenoxy) is 2. The molecule has 1 atom stereocenters. The van der Waals surface area contributed by atoms with Crippen molar-refractivity contribution in [3.8, 4) is 0 Å². The summed E-state index contributed by atoms with van der Waals surface area (Å²) in [7, 11) is 0. The fraction of sp³-hybridized carbons (Fsp3) is 1.00. The molecule has 82 valence electrons. The first-order chi connectivity index (χ1) is 6.74. The van der Waals surface area contributed by atoms with Gasteiger partial charge in [0.15, 0.2) is 5.79 Å². The predicted molar refractivity (Wildman–Crippen MR) is 64.7 cm³/mol. The van der Waals surface area contributed by atoms with Crippen molar-refractivity contribution in [1.82, 2.24) is 0 Å². The van der Waals surface area contributed by atoms with E-state index in [2.05, 4.69) is 29.5 Å². The zero-order valence-corrected chi connectivity index (χ0v) is 11.0. The van der Waals surface area contributed by atoms with E-state index in [0.29, 0.717) is 5.41 Å². The van der Waals surface area contributed by atoms with E-state index in [0.717, 1.165) is 26.1 Å². The highest BCUT2D eigenvalue weighted by molar-refractivity contribution is 14.1. The minimum absolute atomic E-state index is 0.195. The average Bonchev–Trinajstić information content (AvgIpc) is 2.66. The van der Waals surface area contributed by atoms with Gasteiger partial charge in [-0.3, -0.25) is 0 Å². The molecule has 2 nitrogen and oxygen atoms in total. The van der Waals surface area contributed by atoms with Gasteiger partial charge < -0.3 is 9.47 Å². The van der Waals surface area contributed by atoms with Crippen molar-refractivity contribution < 1.29 is 9.47 Å². The second-order valence-electron chi connectivity index (χ2n) is 4.63. The molecule has 0 amide bonds. The van der Waals surface area contributed by atoms with Crippen LogP contribution in [-0.2, 0) is 9.47 Å². The minimum atomic E-state index is -0.195. The van der Waals surface area contributed by atoms with Gasteiger partial charge in [-0.15, -0.1) is 0 Å². The van der Waals surface area contributed by atoms with Crippen LogP contribution in [0, 0.1) is 5.41 Å². The third kappa shape index (κ3) is 1.95. The van der Waals surface area contributed by atoms with Crippen LogP contribution in [0.4, 0.5) is 0 Å². The largest absolute Gasteiger partial charge is 0.348 e. The molecule has 0 aromatic carbocycles. The Kier molecular flexibility index (Phi) is 3.39. The normalized spacial score (nSPS) is 36.4. The van der Waals surface area contributed by atoms with Crippen LogP contribution < -0.4 is 0 Å². The van der Waals surface area contributed by atoms with Gasteiger partial charge in [-0.2, -0.15) is 0 Å². The molecule has 1 heterocycles. The number of halogens is 1. The molecule has 0 N–H and O–H groups in total. The summed E-state index contributed by atoms with van der Waals surface area (Å²) < 4.78 is 12.9. The fourth-order valence-corrected chi connectivity index (χ4v) is 3.93. The standard InChI is InChI=1S/C11H19IO2/c1-2-10(9-12)4-3-5-11(8-10)13-6-7-14-11/h2-9H2,1H3. The average molecular weight is 310 g/mol. The van der Waals surface area contributed by atoms with E-state index < -0.39 is 0 Å². The van der Waals surface area contributed by atoms with Crippen molar-refractivity contribution in [2.45, 2.75) is 44.8 Å². The lowest BCUT2D eigenvalue weighted by Crippen LogP contribution is -2.43. The summed E-state index contributed by atoms with van der Waals surface area (Å²) in [5.74, 6) is -0.195. The maximum atomic E-state index is 5.81. The number of hydrogen-bond donors (Lipinski definition) is 0. The van der Waals surface area contributed by atoms with Crippen LogP contribution in [0.3, 0.4) is 0 Å².